The van der Waals surface area contributed by atoms with Crippen molar-refractivity contribution in [3.05, 3.63) is 45.7 Å². The first-order valence-corrected chi connectivity index (χ1v) is 7.52. The Labute approximate surface area is 128 Å². The maximum absolute atomic E-state index is 5.72. The number of nitrogens with zero attached hydrogens (tertiary/aromatic N) is 2. The first-order chi connectivity index (χ1) is 9.61. The van der Waals surface area contributed by atoms with E-state index in [1.807, 2.05) is 35.9 Å². The Hall–Kier alpha value is -1.33. The molecular formula is C15H20BrN3O. The molecule has 1 aromatic heterocycles. The highest BCUT2D eigenvalue weighted by atomic mass is 79.9. The standard InChI is InChI=1S/C15H20BrN3O/c1-11-15(7-8-17)12(2)19(18-11)9-10-20-14-5-3-13(16)4-6-14/h3-6H,7-10,17H2,1-2H3. The van der Waals surface area contributed by atoms with Gasteiger partial charge in [0.15, 0.2) is 0 Å². The molecule has 0 saturated heterocycles. The van der Waals surface area contributed by atoms with E-state index in [0.717, 1.165) is 28.9 Å². The topological polar surface area (TPSA) is 53.1 Å². The third-order valence-electron chi connectivity index (χ3n) is 3.31. The van der Waals surface area contributed by atoms with Gasteiger partial charge in [-0.1, -0.05) is 15.9 Å². The molecule has 2 aromatic rings. The molecule has 2 rings (SSSR count). The first-order valence-electron chi connectivity index (χ1n) is 6.73. The van der Waals surface area contributed by atoms with Crippen LogP contribution in [0.25, 0.3) is 0 Å². The Bertz CT molecular complexity index is 563. The predicted octanol–water partition coefficient (Wildman–Crippen LogP) is 2.84. The van der Waals surface area contributed by atoms with E-state index in [1.165, 1.54) is 11.3 Å². The van der Waals surface area contributed by atoms with Crippen LogP contribution in [0.3, 0.4) is 0 Å². The zero-order valence-corrected chi connectivity index (χ0v) is 13.5. The van der Waals surface area contributed by atoms with E-state index in [0.29, 0.717) is 13.2 Å². The van der Waals surface area contributed by atoms with Crippen LogP contribution in [0.1, 0.15) is 17.0 Å². The summed E-state index contributed by atoms with van der Waals surface area (Å²) in [5.41, 5.74) is 9.14. The number of nitrogens with two attached hydrogens (primary N) is 1. The average molecular weight is 338 g/mol. The molecule has 5 heteroatoms. The van der Waals surface area contributed by atoms with Gasteiger partial charge in [0.1, 0.15) is 12.4 Å². The summed E-state index contributed by atoms with van der Waals surface area (Å²) in [7, 11) is 0. The van der Waals surface area contributed by atoms with Gasteiger partial charge in [0, 0.05) is 10.2 Å². The first kappa shape index (κ1) is 15.1. The maximum Gasteiger partial charge on any atom is 0.119 e. The molecule has 108 valence electrons. The number of benzene rings is 1. The lowest BCUT2D eigenvalue weighted by Gasteiger charge is -2.08. The van der Waals surface area contributed by atoms with E-state index < -0.39 is 0 Å². The Balaban J connectivity index is 1.94. The van der Waals surface area contributed by atoms with Gasteiger partial charge in [0.05, 0.1) is 12.2 Å². The smallest absolute Gasteiger partial charge is 0.119 e. The minimum Gasteiger partial charge on any atom is -0.492 e. The van der Waals surface area contributed by atoms with Crippen molar-refractivity contribution >= 4 is 15.9 Å². The number of rotatable bonds is 6. The summed E-state index contributed by atoms with van der Waals surface area (Å²) in [4.78, 5) is 0. The van der Waals surface area contributed by atoms with Crippen LogP contribution in [-0.4, -0.2) is 22.9 Å². The summed E-state index contributed by atoms with van der Waals surface area (Å²) in [5, 5.41) is 4.55. The second-order valence-corrected chi connectivity index (χ2v) is 5.63. The maximum atomic E-state index is 5.72. The second-order valence-electron chi connectivity index (χ2n) is 4.71. The van der Waals surface area contributed by atoms with E-state index in [4.69, 9.17) is 10.5 Å². The van der Waals surface area contributed by atoms with Gasteiger partial charge in [-0.25, -0.2) is 0 Å². The number of hydrogen-bond acceptors (Lipinski definition) is 3. The summed E-state index contributed by atoms with van der Waals surface area (Å²) in [6, 6.07) is 7.84. The molecule has 0 spiro atoms. The Morgan fingerprint density at radius 3 is 2.60 bits per heavy atom. The molecule has 0 aliphatic rings. The fourth-order valence-corrected chi connectivity index (χ4v) is 2.50. The normalized spacial score (nSPS) is 10.8. The van der Waals surface area contributed by atoms with Crippen LogP contribution in [-0.2, 0) is 13.0 Å². The molecule has 0 fully saturated rings. The Morgan fingerprint density at radius 1 is 1.25 bits per heavy atom. The summed E-state index contributed by atoms with van der Waals surface area (Å²) < 4.78 is 8.77. The van der Waals surface area contributed by atoms with Crippen LogP contribution in [0, 0.1) is 13.8 Å². The molecule has 0 amide bonds. The van der Waals surface area contributed by atoms with Gasteiger partial charge >= 0.3 is 0 Å². The third kappa shape index (κ3) is 3.61. The highest BCUT2D eigenvalue weighted by molar-refractivity contribution is 9.10. The van der Waals surface area contributed by atoms with Crippen LogP contribution < -0.4 is 10.5 Å². The lowest BCUT2D eigenvalue weighted by atomic mass is 10.1. The van der Waals surface area contributed by atoms with Crippen LogP contribution in [0.15, 0.2) is 28.7 Å². The van der Waals surface area contributed by atoms with Gasteiger partial charge in [-0.05, 0) is 56.6 Å². The minimum atomic E-state index is 0.603. The molecule has 20 heavy (non-hydrogen) atoms. The molecule has 0 atom stereocenters. The van der Waals surface area contributed by atoms with Crippen molar-refractivity contribution < 1.29 is 4.74 Å². The Kier molecular flexibility index (Phi) is 5.20. The molecule has 0 radical (unpaired) electrons. The van der Waals surface area contributed by atoms with Crippen LogP contribution in [0.4, 0.5) is 0 Å². The van der Waals surface area contributed by atoms with Gasteiger partial charge in [-0.3, -0.25) is 4.68 Å². The van der Waals surface area contributed by atoms with Gasteiger partial charge in [0.25, 0.3) is 0 Å². The summed E-state index contributed by atoms with van der Waals surface area (Å²) in [6.45, 7) is 6.12. The summed E-state index contributed by atoms with van der Waals surface area (Å²) >= 11 is 3.41. The fraction of sp³-hybridized carbons (Fsp3) is 0.400. The number of aromatic nitrogens is 2. The van der Waals surface area contributed by atoms with E-state index in [1.54, 1.807) is 0 Å². The molecule has 2 N–H and O–H groups in total. The number of ether oxygens (including phenoxy) is 1. The van der Waals surface area contributed by atoms with Gasteiger partial charge in [0.2, 0.25) is 0 Å². The molecule has 4 nitrogen and oxygen atoms in total. The number of halogens is 1. The van der Waals surface area contributed by atoms with Crippen LogP contribution in [0.5, 0.6) is 5.75 Å². The van der Waals surface area contributed by atoms with Gasteiger partial charge < -0.3 is 10.5 Å². The number of aryl methyl sites for hydroxylation is 1. The highest BCUT2D eigenvalue weighted by Gasteiger charge is 2.10. The van der Waals surface area contributed by atoms with Gasteiger partial charge in [-0.15, -0.1) is 0 Å². The van der Waals surface area contributed by atoms with Crippen LogP contribution >= 0.6 is 15.9 Å². The summed E-state index contributed by atoms with van der Waals surface area (Å²) in [6.07, 6.45) is 0.880. The largest absolute Gasteiger partial charge is 0.492 e. The van der Waals surface area contributed by atoms with Crippen molar-refractivity contribution in [3.8, 4) is 5.75 Å². The molecule has 0 saturated carbocycles. The molecular weight excluding hydrogens is 318 g/mol. The van der Waals surface area contributed by atoms with E-state index >= 15 is 0 Å². The average Bonchev–Trinajstić information content (AvgIpc) is 2.69. The molecule has 1 aromatic carbocycles. The SMILES string of the molecule is Cc1nn(CCOc2ccc(Br)cc2)c(C)c1CCN. The van der Waals surface area contributed by atoms with E-state index in [2.05, 4.69) is 28.0 Å². The van der Waals surface area contributed by atoms with Crippen molar-refractivity contribution in [2.24, 2.45) is 5.73 Å². The van der Waals surface area contributed by atoms with Crippen molar-refractivity contribution in [1.82, 2.24) is 9.78 Å². The molecule has 0 aliphatic heterocycles. The van der Waals surface area contributed by atoms with Gasteiger partial charge in [-0.2, -0.15) is 5.10 Å². The minimum absolute atomic E-state index is 0.603. The molecule has 1 heterocycles. The predicted molar refractivity (Wildman–Crippen MR) is 84.1 cm³/mol. The third-order valence-corrected chi connectivity index (χ3v) is 3.84. The second kappa shape index (κ2) is 6.90. The lowest BCUT2D eigenvalue weighted by Crippen LogP contribution is -2.11. The fourth-order valence-electron chi connectivity index (χ4n) is 2.24. The molecule has 0 bridgehead atoms. The number of hydrogen-bond donors (Lipinski definition) is 1. The summed E-state index contributed by atoms with van der Waals surface area (Å²) in [5.74, 6) is 0.872. The Morgan fingerprint density at radius 2 is 1.95 bits per heavy atom. The zero-order chi connectivity index (χ0) is 14.5. The van der Waals surface area contributed by atoms with Crippen molar-refractivity contribution in [1.29, 1.82) is 0 Å². The monoisotopic (exact) mass is 337 g/mol. The quantitative estimate of drug-likeness (QED) is 0.881. The van der Waals surface area contributed by atoms with E-state index in [-0.39, 0.29) is 0 Å². The van der Waals surface area contributed by atoms with Crippen molar-refractivity contribution in [2.75, 3.05) is 13.2 Å². The lowest BCUT2D eigenvalue weighted by molar-refractivity contribution is 0.289. The highest BCUT2D eigenvalue weighted by Crippen LogP contribution is 2.17. The molecule has 0 aliphatic carbocycles. The van der Waals surface area contributed by atoms with Crippen molar-refractivity contribution in [3.63, 3.8) is 0 Å². The van der Waals surface area contributed by atoms with Crippen LogP contribution in [0.2, 0.25) is 0 Å². The van der Waals surface area contributed by atoms with E-state index in [9.17, 15) is 0 Å². The molecule has 0 unspecified atom stereocenters. The zero-order valence-electron chi connectivity index (χ0n) is 11.9. The van der Waals surface area contributed by atoms with Crippen molar-refractivity contribution in [2.45, 2.75) is 26.8 Å².